The van der Waals surface area contributed by atoms with E-state index >= 15 is 0 Å². The Morgan fingerprint density at radius 3 is 2.43 bits per heavy atom. The molecule has 1 fully saturated rings. The van der Waals surface area contributed by atoms with E-state index in [0.29, 0.717) is 25.0 Å². The Bertz CT molecular complexity index is 394. The van der Waals surface area contributed by atoms with Crippen molar-refractivity contribution in [3.8, 4) is 11.5 Å². The van der Waals surface area contributed by atoms with Gasteiger partial charge in [0, 0.05) is 13.2 Å². The lowest BCUT2D eigenvalue weighted by Crippen LogP contribution is -2.34. The number of aliphatic hydroxyl groups is 1. The summed E-state index contributed by atoms with van der Waals surface area (Å²) >= 11 is 0. The van der Waals surface area contributed by atoms with E-state index in [1.165, 1.54) is 25.7 Å². The second-order valence-corrected chi connectivity index (χ2v) is 5.72. The van der Waals surface area contributed by atoms with Crippen molar-refractivity contribution in [3.63, 3.8) is 0 Å². The number of benzene rings is 1. The number of rotatable bonds is 8. The van der Waals surface area contributed by atoms with Crippen LogP contribution in [0.25, 0.3) is 0 Å². The Labute approximate surface area is 127 Å². The number of aliphatic hydroxyl groups excluding tert-OH is 1. The largest absolute Gasteiger partial charge is 0.497 e. The van der Waals surface area contributed by atoms with Gasteiger partial charge in [-0.05, 0) is 55.5 Å². The van der Waals surface area contributed by atoms with Crippen LogP contribution in [0.3, 0.4) is 0 Å². The molecule has 0 aliphatic heterocycles. The van der Waals surface area contributed by atoms with E-state index in [-0.39, 0.29) is 0 Å². The van der Waals surface area contributed by atoms with E-state index in [4.69, 9.17) is 9.47 Å². The Morgan fingerprint density at radius 2 is 1.76 bits per heavy atom. The third-order valence-electron chi connectivity index (χ3n) is 4.31. The summed E-state index contributed by atoms with van der Waals surface area (Å²) in [6.45, 7) is 2.80. The molecule has 0 spiro atoms. The molecule has 1 aromatic rings. The quantitative estimate of drug-likeness (QED) is 0.723. The van der Waals surface area contributed by atoms with Gasteiger partial charge < -0.3 is 19.9 Å². The highest BCUT2D eigenvalue weighted by Gasteiger charge is 2.23. The maximum atomic E-state index is 9.39. The molecule has 2 rings (SSSR count). The van der Waals surface area contributed by atoms with Crippen molar-refractivity contribution in [3.05, 3.63) is 24.3 Å². The first kappa shape index (κ1) is 16.1. The minimum atomic E-state index is 0.328. The molecule has 0 heterocycles. The molecule has 0 amide bonds. The Kier molecular flexibility index (Phi) is 6.83. The average Bonchev–Trinajstić information content (AvgIpc) is 2.55. The average molecular weight is 293 g/mol. The second kappa shape index (κ2) is 8.90. The van der Waals surface area contributed by atoms with Crippen LogP contribution in [-0.4, -0.2) is 38.5 Å². The highest BCUT2D eigenvalue weighted by Crippen LogP contribution is 2.28. The topological polar surface area (TPSA) is 50.7 Å². The monoisotopic (exact) mass is 293 g/mol. The van der Waals surface area contributed by atoms with Crippen molar-refractivity contribution in [2.24, 2.45) is 11.8 Å². The van der Waals surface area contributed by atoms with Gasteiger partial charge in [-0.3, -0.25) is 0 Å². The Hall–Kier alpha value is -1.26. The summed E-state index contributed by atoms with van der Waals surface area (Å²) in [4.78, 5) is 0. The number of ether oxygens (including phenoxy) is 2. The molecule has 4 heteroatoms. The van der Waals surface area contributed by atoms with E-state index in [9.17, 15) is 5.11 Å². The van der Waals surface area contributed by atoms with E-state index in [1.54, 1.807) is 7.11 Å². The number of methoxy groups -OCH3 is 1. The van der Waals surface area contributed by atoms with Gasteiger partial charge in [-0.15, -0.1) is 0 Å². The fraction of sp³-hybridized carbons (Fsp3) is 0.647. The van der Waals surface area contributed by atoms with E-state index in [1.807, 2.05) is 24.3 Å². The fourth-order valence-corrected chi connectivity index (χ4v) is 2.99. The molecule has 1 saturated carbocycles. The van der Waals surface area contributed by atoms with Crippen LogP contribution in [0.2, 0.25) is 0 Å². The molecule has 2 N–H and O–H groups in total. The van der Waals surface area contributed by atoms with Crippen molar-refractivity contribution >= 4 is 0 Å². The minimum absolute atomic E-state index is 0.328. The first-order valence-electron chi connectivity index (χ1n) is 7.92. The van der Waals surface area contributed by atoms with Gasteiger partial charge in [0.1, 0.15) is 18.1 Å². The molecule has 2 unspecified atom stereocenters. The number of nitrogens with one attached hydrogen (secondary N) is 1. The summed E-state index contributed by atoms with van der Waals surface area (Å²) in [6, 6.07) is 7.64. The molecule has 2 atom stereocenters. The van der Waals surface area contributed by atoms with Crippen molar-refractivity contribution < 1.29 is 14.6 Å². The summed E-state index contributed by atoms with van der Waals surface area (Å²) in [7, 11) is 1.66. The van der Waals surface area contributed by atoms with Crippen molar-refractivity contribution in [1.82, 2.24) is 5.32 Å². The van der Waals surface area contributed by atoms with Crippen LogP contribution in [0.4, 0.5) is 0 Å². The maximum absolute atomic E-state index is 9.39. The SMILES string of the molecule is COc1ccc(OCCNCC2CCCCC2CO)cc1. The molecule has 118 valence electrons. The number of hydrogen-bond acceptors (Lipinski definition) is 4. The van der Waals surface area contributed by atoms with Crippen molar-refractivity contribution in [2.45, 2.75) is 25.7 Å². The number of hydrogen-bond donors (Lipinski definition) is 2. The zero-order chi connectivity index (χ0) is 14.9. The van der Waals surface area contributed by atoms with Gasteiger partial charge in [0.25, 0.3) is 0 Å². The van der Waals surface area contributed by atoms with Crippen LogP contribution in [0, 0.1) is 11.8 Å². The molecule has 1 aliphatic carbocycles. The predicted molar refractivity (Wildman–Crippen MR) is 83.9 cm³/mol. The van der Waals surface area contributed by atoms with E-state index < -0.39 is 0 Å². The van der Waals surface area contributed by atoms with Crippen LogP contribution in [0.15, 0.2) is 24.3 Å². The highest BCUT2D eigenvalue weighted by atomic mass is 16.5. The molecule has 21 heavy (non-hydrogen) atoms. The van der Waals surface area contributed by atoms with Gasteiger partial charge in [0.2, 0.25) is 0 Å². The lowest BCUT2D eigenvalue weighted by atomic mass is 9.80. The molecule has 1 aliphatic rings. The Morgan fingerprint density at radius 1 is 1.10 bits per heavy atom. The van der Waals surface area contributed by atoms with Gasteiger partial charge in [-0.25, -0.2) is 0 Å². The summed E-state index contributed by atoms with van der Waals surface area (Å²) < 4.78 is 10.8. The molecule has 0 bridgehead atoms. The molecule has 0 radical (unpaired) electrons. The van der Waals surface area contributed by atoms with Gasteiger partial charge in [-0.1, -0.05) is 12.8 Å². The Balaban J connectivity index is 1.60. The normalized spacial score (nSPS) is 22.0. The van der Waals surface area contributed by atoms with Gasteiger partial charge in [-0.2, -0.15) is 0 Å². The maximum Gasteiger partial charge on any atom is 0.119 e. The molecule has 1 aromatic carbocycles. The van der Waals surface area contributed by atoms with Crippen LogP contribution in [-0.2, 0) is 0 Å². The highest BCUT2D eigenvalue weighted by molar-refractivity contribution is 5.31. The third-order valence-corrected chi connectivity index (χ3v) is 4.31. The summed E-state index contributed by atoms with van der Waals surface area (Å²) in [5.41, 5.74) is 0. The van der Waals surface area contributed by atoms with Crippen LogP contribution in [0.1, 0.15) is 25.7 Å². The molecule has 4 nitrogen and oxygen atoms in total. The second-order valence-electron chi connectivity index (χ2n) is 5.72. The molecular weight excluding hydrogens is 266 g/mol. The summed E-state index contributed by atoms with van der Waals surface area (Å²) in [5.74, 6) is 2.80. The molecule has 0 saturated heterocycles. The van der Waals surface area contributed by atoms with Crippen LogP contribution >= 0.6 is 0 Å². The predicted octanol–water partition coefficient (Wildman–Crippen LogP) is 2.46. The summed E-state index contributed by atoms with van der Waals surface area (Å²) in [6.07, 6.45) is 4.97. The molecular formula is C17H27NO3. The van der Waals surface area contributed by atoms with Gasteiger partial charge in [0.05, 0.1) is 7.11 Å². The smallest absolute Gasteiger partial charge is 0.119 e. The van der Waals surface area contributed by atoms with E-state index in [0.717, 1.165) is 24.6 Å². The fourth-order valence-electron chi connectivity index (χ4n) is 2.99. The van der Waals surface area contributed by atoms with Gasteiger partial charge >= 0.3 is 0 Å². The minimum Gasteiger partial charge on any atom is -0.497 e. The zero-order valence-electron chi connectivity index (χ0n) is 12.9. The van der Waals surface area contributed by atoms with Crippen molar-refractivity contribution in [1.29, 1.82) is 0 Å². The van der Waals surface area contributed by atoms with Crippen LogP contribution in [0.5, 0.6) is 11.5 Å². The standard InChI is InChI=1S/C17H27NO3/c1-20-16-6-8-17(9-7-16)21-11-10-18-12-14-4-2-3-5-15(14)13-19/h6-9,14-15,18-19H,2-5,10-13H2,1H3. The zero-order valence-corrected chi connectivity index (χ0v) is 12.9. The van der Waals surface area contributed by atoms with Gasteiger partial charge in [0.15, 0.2) is 0 Å². The van der Waals surface area contributed by atoms with Crippen LogP contribution < -0.4 is 14.8 Å². The third kappa shape index (κ3) is 5.21. The first-order chi connectivity index (χ1) is 10.3. The summed E-state index contributed by atoms with van der Waals surface area (Å²) in [5, 5.41) is 12.8. The lowest BCUT2D eigenvalue weighted by Gasteiger charge is -2.30. The van der Waals surface area contributed by atoms with E-state index in [2.05, 4.69) is 5.32 Å². The lowest BCUT2D eigenvalue weighted by molar-refractivity contribution is 0.132. The first-order valence-corrected chi connectivity index (χ1v) is 7.92. The molecule has 0 aromatic heterocycles. The van der Waals surface area contributed by atoms with Crippen molar-refractivity contribution in [2.75, 3.05) is 33.4 Å².